The quantitative estimate of drug-likeness (QED) is 0.642. The van der Waals surface area contributed by atoms with Crippen LogP contribution in [0.15, 0.2) is 34.9 Å². The zero-order valence-corrected chi connectivity index (χ0v) is 16.3. The van der Waals surface area contributed by atoms with Crippen molar-refractivity contribution >= 4 is 17.5 Å². The molecule has 6 nitrogen and oxygen atoms in total. The molecule has 1 atom stereocenters. The fourth-order valence-corrected chi connectivity index (χ4v) is 3.49. The summed E-state index contributed by atoms with van der Waals surface area (Å²) < 4.78 is 16.3. The molecule has 1 aromatic carbocycles. The van der Waals surface area contributed by atoms with E-state index in [2.05, 4.69) is 4.98 Å². The average molecular weight is 393 g/mol. The van der Waals surface area contributed by atoms with Gasteiger partial charge in [0.25, 0.3) is 0 Å². The highest BCUT2D eigenvalue weighted by molar-refractivity contribution is 6.30. The SMILES string of the molecule is COCCOCC(=O)N1CCCC[C@@H]1c1ncc(Cc2cccc(Cl)c2)o1. The number of nitrogens with zero attached hydrogens (tertiary/aromatic N) is 2. The second-order valence-electron chi connectivity index (χ2n) is 6.62. The van der Waals surface area contributed by atoms with Crippen LogP contribution in [0.25, 0.3) is 0 Å². The van der Waals surface area contributed by atoms with Gasteiger partial charge in [0.1, 0.15) is 18.4 Å². The zero-order chi connectivity index (χ0) is 19.1. The van der Waals surface area contributed by atoms with Gasteiger partial charge in [0, 0.05) is 25.1 Å². The summed E-state index contributed by atoms with van der Waals surface area (Å²) in [6.45, 7) is 1.63. The number of carbonyl (C=O) groups is 1. The summed E-state index contributed by atoms with van der Waals surface area (Å²) in [4.78, 5) is 18.8. The number of aromatic nitrogens is 1. The number of ether oxygens (including phenoxy) is 2. The number of benzene rings is 1. The first kappa shape index (κ1) is 19.9. The molecule has 0 saturated carbocycles. The molecule has 27 heavy (non-hydrogen) atoms. The van der Waals surface area contributed by atoms with Crippen molar-refractivity contribution in [3.63, 3.8) is 0 Å². The minimum Gasteiger partial charge on any atom is -0.443 e. The third-order valence-corrected chi connectivity index (χ3v) is 4.84. The van der Waals surface area contributed by atoms with E-state index >= 15 is 0 Å². The Kier molecular flexibility index (Phi) is 7.26. The Morgan fingerprint density at radius 3 is 3.07 bits per heavy atom. The minimum atomic E-state index is -0.134. The maximum Gasteiger partial charge on any atom is 0.249 e. The highest BCUT2D eigenvalue weighted by Crippen LogP contribution is 2.31. The van der Waals surface area contributed by atoms with E-state index in [9.17, 15) is 4.79 Å². The number of piperidine rings is 1. The number of methoxy groups -OCH3 is 1. The Balaban J connectivity index is 1.64. The average Bonchev–Trinajstić information content (AvgIpc) is 3.13. The Labute approximate surface area is 164 Å². The van der Waals surface area contributed by atoms with Gasteiger partial charge in [0.2, 0.25) is 11.8 Å². The Hall–Kier alpha value is -1.89. The van der Waals surface area contributed by atoms with Crippen molar-refractivity contribution in [2.24, 2.45) is 0 Å². The van der Waals surface area contributed by atoms with Crippen LogP contribution in [-0.4, -0.2) is 49.3 Å². The lowest BCUT2D eigenvalue weighted by atomic mass is 10.0. The van der Waals surface area contributed by atoms with E-state index in [4.69, 9.17) is 25.5 Å². The largest absolute Gasteiger partial charge is 0.443 e. The number of carbonyl (C=O) groups excluding carboxylic acids is 1. The molecular formula is C20H25ClN2O4. The number of hydrogen-bond acceptors (Lipinski definition) is 5. The van der Waals surface area contributed by atoms with Gasteiger partial charge < -0.3 is 18.8 Å². The normalized spacial score (nSPS) is 17.3. The molecule has 3 rings (SSSR count). The smallest absolute Gasteiger partial charge is 0.249 e. The summed E-state index contributed by atoms with van der Waals surface area (Å²) in [6.07, 6.45) is 5.24. The van der Waals surface area contributed by atoms with E-state index in [1.54, 1.807) is 13.3 Å². The van der Waals surface area contributed by atoms with Gasteiger partial charge in [-0.3, -0.25) is 4.79 Å². The molecule has 0 unspecified atom stereocenters. The van der Waals surface area contributed by atoms with Gasteiger partial charge in [0.15, 0.2) is 0 Å². The van der Waals surface area contributed by atoms with Crippen molar-refractivity contribution in [3.05, 3.63) is 52.7 Å². The van der Waals surface area contributed by atoms with Gasteiger partial charge in [-0.05, 0) is 37.0 Å². The second-order valence-corrected chi connectivity index (χ2v) is 7.05. The van der Waals surface area contributed by atoms with Gasteiger partial charge in [-0.15, -0.1) is 0 Å². The molecule has 2 heterocycles. The maximum absolute atomic E-state index is 12.6. The van der Waals surface area contributed by atoms with Crippen LogP contribution in [0.4, 0.5) is 0 Å². The van der Waals surface area contributed by atoms with Gasteiger partial charge in [-0.25, -0.2) is 4.98 Å². The highest BCUT2D eigenvalue weighted by atomic mass is 35.5. The van der Waals surface area contributed by atoms with E-state index in [0.717, 1.165) is 30.6 Å². The predicted octanol–water partition coefficient (Wildman–Crippen LogP) is 3.64. The number of rotatable bonds is 8. The fourth-order valence-electron chi connectivity index (χ4n) is 3.28. The minimum absolute atomic E-state index is 0.0367. The number of hydrogen-bond donors (Lipinski definition) is 0. The van der Waals surface area contributed by atoms with E-state index in [1.807, 2.05) is 29.2 Å². The highest BCUT2D eigenvalue weighted by Gasteiger charge is 2.31. The third kappa shape index (κ3) is 5.54. The van der Waals surface area contributed by atoms with E-state index in [1.165, 1.54) is 0 Å². The second kappa shape index (κ2) is 9.88. The Bertz CT molecular complexity index is 749. The van der Waals surface area contributed by atoms with Crippen LogP contribution in [0.5, 0.6) is 0 Å². The molecule has 0 aliphatic carbocycles. The van der Waals surface area contributed by atoms with Gasteiger partial charge in [0.05, 0.1) is 19.4 Å². The van der Waals surface area contributed by atoms with Crippen LogP contribution in [0, 0.1) is 0 Å². The molecule has 1 aromatic heterocycles. The first-order valence-corrected chi connectivity index (χ1v) is 9.60. The van der Waals surface area contributed by atoms with Crippen LogP contribution >= 0.6 is 11.6 Å². The molecule has 1 fully saturated rings. The molecule has 0 N–H and O–H groups in total. The first-order valence-electron chi connectivity index (χ1n) is 9.22. The molecule has 0 bridgehead atoms. The van der Waals surface area contributed by atoms with Crippen LogP contribution in [0.3, 0.4) is 0 Å². The number of halogens is 1. The van der Waals surface area contributed by atoms with Crippen molar-refractivity contribution < 1.29 is 18.7 Å². The standard InChI is InChI=1S/C20H25ClN2O4/c1-25-9-10-26-14-19(24)23-8-3-2-7-18(23)20-22-13-17(27-20)12-15-5-4-6-16(21)11-15/h4-6,11,13,18H,2-3,7-10,12,14H2,1H3/t18-/m1/s1. The lowest BCUT2D eigenvalue weighted by Gasteiger charge is -2.33. The van der Waals surface area contributed by atoms with Crippen LogP contribution in [0.2, 0.25) is 5.02 Å². The molecule has 1 aliphatic rings. The Morgan fingerprint density at radius 1 is 1.37 bits per heavy atom. The molecule has 1 saturated heterocycles. The molecule has 0 spiro atoms. The molecular weight excluding hydrogens is 368 g/mol. The topological polar surface area (TPSA) is 64.8 Å². The van der Waals surface area contributed by atoms with E-state index < -0.39 is 0 Å². The predicted molar refractivity (Wildman–Crippen MR) is 102 cm³/mol. The molecule has 1 aliphatic heterocycles. The molecule has 1 amide bonds. The number of likely N-dealkylation sites (tertiary alicyclic amines) is 1. The van der Waals surface area contributed by atoms with Crippen molar-refractivity contribution in [1.29, 1.82) is 0 Å². The Morgan fingerprint density at radius 2 is 2.26 bits per heavy atom. The zero-order valence-electron chi connectivity index (χ0n) is 15.5. The van der Waals surface area contributed by atoms with Gasteiger partial charge in [-0.2, -0.15) is 0 Å². The van der Waals surface area contributed by atoms with Crippen LogP contribution in [-0.2, 0) is 20.7 Å². The lowest BCUT2D eigenvalue weighted by molar-refractivity contribution is -0.141. The van der Waals surface area contributed by atoms with Gasteiger partial charge in [-0.1, -0.05) is 23.7 Å². The van der Waals surface area contributed by atoms with Crippen molar-refractivity contribution in [2.75, 3.05) is 33.5 Å². The lowest BCUT2D eigenvalue weighted by Crippen LogP contribution is -2.40. The molecule has 146 valence electrons. The summed E-state index contributed by atoms with van der Waals surface area (Å²) in [6, 6.07) is 7.54. The number of oxazole rings is 1. The third-order valence-electron chi connectivity index (χ3n) is 4.60. The first-order chi connectivity index (χ1) is 13.2. The van der Waals surface area contributed by atoms with Crippen LogP contribution in [0.1, 0.15) is 42.5 Å². The van der Waals surface area contributed by atoms with Gasteiger partial charge >= 0.3 is 0 Å². The van der Waals surface area contributed by atoms with E-state index in [0.29, 0.717) is 37.1 Å². The van der Waals surface area contributed by atoms with E-state index in [-0.39, 0.29) is 18.6 Å². The summed E-state index contributed by atoms with van der Waals surface area (Å²) in [7, 11) is 1.61. The number of amides is 1. The molecule has 2 aromatic rings. The van der Waals surface area contributed by atoms with Crippen molar-refractivity contribution in [3.8, 4) is 0 Å². The summed E-state index contributed by atoms with van der Waals surface area (Å²) in [5, 5.41) is 0.699. The molecule has 0 radical (unpaired) electrons. The summed E-state index contributed by atoms with van der Waals surface area (Å²) >= 11 is 6.04. The van der Waals surface area contributed by atoms with Crippen molar-refractivity contribution in [1.82, 2.24) is 9.88 Å². The fraction of sp³-hybridized carbons (Fsp3) is 0.500. The van der Waals surface area contributed by atoms with Crippen molar-refractivity contribution in [2.45, 2.75) is 31.7 Å². The monoisotopic (exact) mass is 392 g/mol. The summed E-state index contributed by atoms with van der Waals surface area (Å²) in [5.41, 5.74) is 1.06. The summed E-state index contributed by atoms with van der Waals surface area (Å²) in [5.74, 6) is 1.32. The maximum atomic E-state index is 12.6. The molecule has 7 heteroatoms. The van der Waals surface area contributed by atoms with Crippen LogP contribution < -0.4 is 0 Å².